The summed E-state index contributed by atoms with van der Waals surface area (Å²) in [5.74, 6) is 0. The number of hydrogen-bond donors (Lipinski definition) is 0. The van der Waals surface area contributed by atoms with Crippen molar-refractivity contribution in [3.8, 4) is 0 Å². The second-order valence-corrected chi connectivity index (χ2v) is 22.1. The third-order valence-corrected chi connectivity index (χ3v) is 12.9. The van der Waals surface area contributed by atoms with E-state index in [2.05, 4.69) is 26.2 Å². The highest BCUT2D eigenvalue weighted by molar-refractivity contribution is 6.55. The van der Waals surface area contributed by atoms with Gasteiger partial charge in [0.25, 0.3) is 0 Å². The van der Waals surface area contributed by atoms with Crippen LogP contribution in [-0.2, 0) is 0 Å². The van der Waals surface area contributed by atoms with Crippen LogP contribution in [-0.4, -0.2) is 17.6 Å². The molecule has 0 aromatic heterocycles. The first kappa shape index (κ1) is 42.4. The molecule has 0 aliphatic rings. The maximum atomic E-state index is 2.49. The molecule has 0 N–H and O–H groups in total. The summed E-state index contributed by atoms with van der Waals surface area (Å²) >= 11 is 0. The molecule has 2 heteroatoms. The zero-order valence-electron chi connectivity index (χ0n) is 30.6. The lowest BCUT2D eigenvalue weighted by Crippen LogP contribution is -1.97. The maximum absolute atomic E-state index is 2.49. The molecule has 0 radical (unpaired) electrons. The van der Waals surface area contributed by atoms with Crippen molar-refractivity contribution in [3.63, 3.8) is 0 Å². The maximum Gasteiger partial charge on any atom is 0.0305 e. The highest BCUT2D eigenvalue weighted by atomic mass is 28.3. The second kappa shape index (κ2) is 37.6. The van der Waals surface area contributed by atoms with Gasteiger partial charge >= 0.3 is 0 Å². The molecule has 0 nitrogen and oxygen atoms in total. The van der Waals surface area contributed by atoms with Crippen LogP contribution in [0.5, 0.6) is 0 Å². The number of unbranched alkanes of at least 4 members (excludes halogenated alkanes) is 33. The van der Waals surface area contributed by atoms with Crippen LogP contribution in [0.2, 0.25) is 38.3 Å². The van der Waals surface area contributed by atoms with E-state index in [1.165, 1.54) is 218 Å². The highest BCUT2D eigenvalue weighted by Crippen LogP contribution is 2.17. The van der Waals surface area contributed by atoms with E-state index >= 15 is 0 Å². The van der Waals surface area contributed by atoms with Crippen LogP contribution in [0.25, 0.3) is 0 Å². The van der Waals surface area contributed by atoms with Crippen LogP contribution < -0.4 is 0 Å². The minimum absolute atomic E-state index is 0.281. The SMILES string of the molecule is C[SiH](C)CCCCCCCCCCCCCCCCCCCCCCCCCCCCCCCCCCCC[SiH](C)C. The third kappa shape index (κ3) is 40.4. The summed E-state index contributed by atoms with van der Waals surface area (Å²) in [5, 5.41) is 0. The Kier molecular flexibility index (Phi) is 38.0. The van der Waals surface area contributed by atoms with Gasteiger partial charge in [-0.3, -0.25) is 0 Å². The van der Waals surface area contributed by atoms with Gasteiger partial charge in [-0.15, -0.1) is 0 Å². The molecule has 0 amide bonds. The van der Waals surface area contributed by atoms with Gasteiger partial charge in [0.1, 0.15) is 0 Å². The van der Waals surface area contributed by atoms with Crippen LogP contribution in [0.15, 0.2) is 0 Å². The Morgan fingerprint density at radius 2 is 0.262 bits per heavy atom. The van der Waals surface area contributed by atoms with Gasteiger partial charge in [0.15, 0.2) is 0 Å². The van der Waals surface area contributed by atoms with Gasteiger partial charge in [0.2, 0.25) is 0 Å². The second-order valence-electron chi connectivity index (χ2n) is 15.4. The van der Waals surface area contributed by atoms with Gasteiger partial charge in [-0.25, -0.2) is 0 Å². The van der Waals surface area contributed by atoms with Gasteiger partial charge in [0, 0.05) is 17.6 Å². The average molecular weight is 623 g/mol. The first-order valence-corrected chi connectivity index (χ1v) is 26.9. The standard InChI is InChI=1S/C40H86Si2/c1-41(2)39-37-35-33-31-29-27-25-23-21-19-17-15-13-11-9-7-5-6-8-10-12-14-16-18-20-22-24-26-28-30-32-34-36-38-40-42(3)4/h41-42H,5-40H2,1-4H3. The van der Waals surface area contributed by atoms with E-state index in [4.69, 9.17) is 0 Å². The summed E-state index contributed by atoms with van der Waals surface area (Å²) in [6.07, 6.45) is 51.0. The monoisotopic (exact) mass is 623 g/mol. The smallest absolute Gasteiger partial charge is 0.0305 e. The van der Waals surface area contributed by atoms with E-state index < -0.39 is 0 Å². The van der Waals surface area contributed by atoms with Crippen molar-refractivity contribution in [1.29, 1.82) is 0 Å². The van der Waals surface area contributed by atoms with E-state index in [0.717, 1.165) is 0 Å². The molecule has 0 atom stereocenters. The summed E-state index contributed by atoms with van der Waals surface area (Å²) in [4.78, 5) is 0. The van der Waals surface area contributed by atoms with Crippen LogP contribution in [0, 0.1) is 0 Å². The van der Waals surface area contributed by atoms with E-state index in [1.54, 1.807) is 12.1 Å². The van der Waals surface area contributed by atoms with Crippen molar-refractivity contribution < 1.29 is 0 Å². The molecule has 0 bridgehead atoms. The van der Waals surface area contributed by atoms with Crippen molar-refractivity contribution in [3.05, 3.63) is 0 Å². The molecule has 0 rings (SSSR count). The first-order chi connectivity index (χ1) is 20.6. The molecule has 0 aliphatic carbocycles. The quantitative estimate of drug-likeness (QED) is 0.0477. The van der Waals surface area contributed by atoms with E-state index in [1.807, 2.05) is 0 Å². The van der Waals surface area contributed by atoms with Crippen molar-refractivity contribution in [1.82, 2.24) is 0 Å². The Balaban J connectivity index is 3.04. The molecular formula is C40H86Si2. The van der Waals surface area contributed by atoms with Crippen LogP contribution in [0.4, 0.5) is 0 Å². The van der Waals surface area contributed by atoms with E-state index in [-0.39, 0.29) is 17.6 Å². The van der Waals surface area contributed by atoms with Crippen molar-refractivity contribution >= 4 is 17.6 Å². The topological polar surface area (TPSA) is 0 Å². The Hall–Kier alpha value is 0.434. The van der Waals surface area contributed by atoms with E-state index in [9.17, 15) is 0 Å². The van der Waals surface area contributed by atoms with Gasteiger partial charge in [0.05, 0.1) is 0 Å². The lowest BCUT2D eigenvalue weighted by molar-refractivity contribution is 0.511. The summed E-state index contributed by atoms with van der Waals surface area (Å²) in [7, 11) is -0.563. The average Bonchev–Trinajstić information content (AvgIpc) is 2.96. The molecular weight excluding hydrogens is 537 g/mol. The van der Waals surface area contributed by atoms with Crippen molar-refractivity contribution in [2.75, 3.05) is 0 Å². The summed E-state index contributed by atoms with van der Waals surface area (Å²) in [6.45, 7) is 9.96. The predicted octanol–water partition coefficient (Wildman–Crippen LogP) is 15.2. The molecule has 0 saturated heterocycles. The molecule has 0 aliphatic heterocycles. The zero-order valence-corrected chi connectivity index (χ0v) is 32.9. The Labute approximate surface area is 273 Å². The number of rotatable bonds is 37. The molecule has 0 saturated carbocycles. The molecule has 254 valence electrons. The predicted molar refractivity (Wildman–Crippen MR) is 204 cm³/mol. The number of hydrogen-bond acceptors (Lipinski definition) is 0. The highest BCUT2D eigenvalue weighted by Gasteiger charge is 1.99. The van der Waals surface area contributed by atoms with Gasteiger partial charge < -0.3 is 0 Å². The van der Waals surface area contributed by atoms with Gasteiger partial charge in [-0.05, 0) is 0 Å². The van der Waals surface area contributed by atoms with Crippen LogP contribution >= 0.6 is 0 Å². The minimum Gasteiger partial charge on any atom is -0.0722 e. The summed E-state index contributed by atoms with van der Waals surface area (Å²) < 4.78 is 0. The molecule has 0 fully saturated rings. The molecule has 0 aromatic rings. The molecule has 0 spiro atoms. The molecule has 0 aromatic carbocycles. The summed E-state index contributed by atoms with van der Waals surface area (Å²) in [5.41, 5.74) is 0. The fraction of sp³-hybridized carbons (Fsp3) is 1.00. The molecule has 0 heterocycles. The summed E-state index contributed by atoms with van der Waals surface area (Å²) in [6, 6.07) is 3.14. The first-order valence-electron chi connectivity index (χ1n) is 20.6. The normalized spacial score (nSPS) is 11.9. The van der Waals surface area contributed by atoms with Crippen molar-refractivity contribution in [2.24, 2.45) is 0 Å². The lowest BCUT2D eigenvalue weighted by atomic mass is 10.0. The van der Waals surface area contributed by atoms with Crippen molar-refractivity contribution in [2.45, 2.75) is 257 Å². The van der Waals surface area contributed by atoms with E-state index in [0.29, 0.717) is 0 Å². The third-order valence-electron chi connectivity index (χ3n) is 9.81. The fourth-order valence-electron chi connectivity index (χ4n) is 6.76. The minimum atomic E-state index is -0.281. The zero-order chi connectivity index (χ0) is 30.6. The largest absolute Gasteiger partial charge is 0.0722 e. The Morgan fingerprint density at radius 1 is 0.167 bits per heavy atom. The van der Waals surface area contributed by atoms with Crippen LogP contribution in [0.3, 0.4) is 0 Å². The molecule has 0 unspecified atom stereocenters. The lowest BCUT2D eigenvalue weighted by Gasteiger charge is -2.05. The Morgan fingerprint density at radius 3 is 0.357 bits per heavy atom. The molecule has 42 heavy (non-hydrogen) atoms. The van der Waals surface area contributed by atoms with Gasteiger partial charge in [-0.1, -0.05) is 257 Å². The Bertz CT molecular complexity index is 419. The van der Waals surface area contributed by atoms with Gasteiger partial charge in [-0.2, -0.15) is 0 Å². The van der Waals surface area contributed by atoms with Crippen LogP contribution in [0.1, 0.15) is 218 Å². The fourth-order valence-corrected chi connectivity index (χ4v) is 8.97.